The Bertz CT molecular complexity index is 894. The molecule has 0 N–H and O–H groups in total. The van der Waals surface area contributed by atoms with E-state index in [-0.39, 0.29) is 5.91 Å². The van der Waals surface area contributed by atoms with Crippen molar-refractivity contribution < 1.29 is 4.79 Å². The van der Waals surface area contributed by atoms with E-state index in [1.165, 1.54) is 11.1 Å². The van der Waals surface area contributed by atoms with Gasteiger partial charge in [0.15, 0.2) is 4.80 Å². The molecule has 0 aliphatic carbocycles. The predicted octanol–water partition coefficient (Wildman–Crippen LogP) is 3.91. The SMILES string of the molecule is Cc1ccc2c(c1)sc(=NC(=O)CSCc1ccccc1)n2C. The van der Waals surface area contributed by atoms with Crippen LogP contribution in [0.2, 0.25) is 0 Å². The van der Waals surface area contributed by atoms with Crippen molar-refractivity contribution in [1.82, 2.24) is 4.57 Å². The Morgan fingerprint density at radius 3 is 2.78 bits per heavy atom. The Kier molecular flexibility index (Phi) is 4.98. The van der Waals surface area contributed by atoms with Gasteiger partial charge in [-0.1, -0.05) is 47.7 Å². The van der Waals surface area contributed by atoms with E-state index >= 15 is 0 Å². The van der Waals surface area contributed by atoms with Gasteiger partial charge in [-0.25, -0.2) is 0 Å². The molecular weight excluding hydrogens is 324 g/mol. The van der Waals surface area contributed by atoms with Crippen molar-refractivity contribution in [3.63, 3.8) is 0 Å². The largest absolute Gasteiger partial charge is 0.319 e. The van der Waals surface area contributed by atoms with E-state index in [2.05, 4.69) is 42.2 Å². The highest BCUT2D eigenvalue weighted by Crippen LogP contribution is 2.18. The van der Waals surface area contributed by atoms with Gasteiger partial charge in [-0.05, 0) is 30.2 Å². The summed E-state index contributed by atoms with van der Waals surface area (Å²) in [5, 5.41) is 0. The summed E-state index contributed by atoms with van der Waals surface area (Å²) in [4.78, 5) is 17.1. The molecule has 0 fully saturated rings. The second-order valence-electron chi connectivity index (χ2n) is 5.40. The molecule has 0 spiro atoms. The van der Waals surface area contributed by atoms with Crippen molar-refractivity contribution in [2.75, 3.05) is 5.75 Å². The van der Waals surface area contributed by atoms with E-state index in [9.17, 15) is 4.79 Å². The van der Waals surface area contributed by atoms with Crippen molar-refractivity contribution in [3.05, 3.63) is 64.5 Å². The van der Waals surface area contributed by atoms with Gasteiger partial charge in [-0.2, -0.15) is 4.99 Å². The Balaban J connectivity index is 1.71. The van der Waals surface area contributed by atoms with Crippen molar-refractivity contribution in [3.8, 4) is 0 Å². The summed E-state index contributed by atoms with van der Waals surface area (Å²) in [6.07, 6.45) is 0. The number of hydrogen-bond acceptors (Lipinski definition) is 3. The van der Waals surface area contributed by atoms with Crippen molar-refractivity contribution in [2.45, 2.75) is 12.7 Å². The molecule has 1 heterocycles. The van der Waals surface area contributed by atoms with E-state index in [4.69, 9.17) is 0 Å². The smallest absolute Gasteiger partial charge is 0.258 e. The molecule has 23 heavy (non-hydrogen) atoms. The molecule has 3 nitrogen and oxygen atoms in total. The number of amides is 1. The molecular formula is C18H18N2OS2. The number of nitrogens with zero attached hydrogens (tertiary/aromatic N) is 2. The fourth-order valence-corrected chi connectivity index (χ4v) is 4.22. The van der Waals surface area contributed by atoms with E-state index < -0.39 is 0 Å². The molecule has 0 bridgehead atoms. The van der Waals surface area contributed by atoms with Crippen LogP contribution in [0.1, 0.15) is 11.1 Å². The number of hydrogen-bond donors (Lipinski definition) is 0. The quantitative estimate of drug-likeness (QED) is 0.720. The molecule has 2 aromatic carbocycles. The van der Waals surface area contributed by atoms with Gasteiger partial charge >= 0.3 is 0 Å². The van der Waals surface area contributed by atoms with Crippen LogP contribution < -0.4 is 4.80 Å². The molecule has 0 saturated carbocycles. The van der Waals surface area contributed by atoms with Crippen LogP contribution in [0.5, 0.6) is 0 Å². The Morgan fingerprint density at radius 2 is 2.00 bits per heavy atom. The topological polar surface area (TPSA) is 34.4 Å². The van der Waals surface area contributed by atoms with Crippen molar-refractivity contribution >= 4 is 39.2 Å². The summed E-state index contributed by atoms with van der Waals surface area (Å²) in [5.41, 5.74) is 3.56. The third kappa shape index (κ3) is 3.92. The molecule has 3 aromatic rings. The minimum atomic E-state index is -0.0789. The monoisotopic (exact) mass is 342 g/mol. The zero-order chi connectivity index (χ0) is 16.2. The van der Waals surface area contributed by atoms with Crippen LogP contribution >= 0.6 is 23.1 Å². The Morgan fingerprint density at radius 1 is 1.22 bits per heavy atom. The first kappa shape index (κ1) is 16.0. The van der Waals surface area contributed by atoms with Gasteiger partial charge in [0.25, 0.3) is 5.91 Å². The second-order valence-corrected chi connectivity index (χ2v) is 7.39. The number of fused-ring (bicyclic) bond motifs is 1. The van der Waals surface area contributed by atoms with Crippen molar-refractivity contribution in [2.24, 2.45) is 12.0 Å². The number of carbonyl (C=O) groups excluding carboxylic acids is 1. The number of thiazole rings is 1. The molecule has 1 aromatic heterocycles. The van der Waals surface area contributed by atoms with Gasteiger partial charge < -0.3 is 4.57 Å². The van der Waals surface area contributed by atoms with Gasteiger partial charge in [0, 0.05) is 12.8 Å². The van der Waals surface area contributed by atoms with Crippen LogP contribution in [0.15, 0.2) is 53.5 Å². The second kappa shape index (κ2) is 7.15. The lowest BCUT2D eigenvalue weighted by atomic mass is 10.2. The number of aromatic nitrogens is 1. The third-order valence-corrected chi connectivity index (χ3v) is 5.61. The van der Waals surface area contributed by atoms with Crippen LogP contribution in [-0.2, 0) is 17.6 Å². The maximum absolute atomic E-state index is 12.1. The van der Waals surface area contributed by atoms with Gasteiger partial charge in [-0.3, -0.25) is 4.79 Å². The molecule has 3 rings (SSSR count). The molecule has 0 atom stereocenters. The molecule has 0 aliphatic heterocycles. The summed E-state index contributed by atoms with van der Waals surface area (Å²) < 4.78 is 3.15. The van der Waals surface area contributed by atoms with Crippen LogP contribution in [0.25, 0.3) is 10.2 Å². The summed E-state index contributed by atoms with van der Waals surface area (Å²) in [5.74, 6) is 1.16. The molecule has 0 saturated heterocycles. The average Bonchev–Trinajstić information content (AvgIpc) is 2.83. The lowest BCUT2D eigenvalue weighted by Gasteiger charge is -1.99. The molecule has 0 aliphatic rings. The minimum absolute atomic E-state index is 0.0789. The molecule has 0 radical (unpaired) electrons. The fourth-order valence-electron chi connectivity index (χ4n) is 2.32. The molecule has 118 valence electrons. The van der Waals surface area contributed by atoms with E-state index in [0.717, 1.165) is 20.8 Å². The molecule has 1 amide bonds. The zero-order valence-corrected chi connectivity index (χ0v) is 14.8. The lowest BCUT2D eigenvalue weighted by Crippen LogP contribution is -2.14. The van der Waals surface area contributed by atoms with Crippen LogP contribution in [0, 0.1) is 6.92 Å². The highest BCUT2D eigenvalue weighted by Gasteiger charge is 2.05. The lowest BCUT2D eigenvalue weighted by molar-refractivity contribution is -0.115. The minimum Gasteiger partial charge on any atom is -0.319 e. The van der Waals surface area contributed by atoms with E-state index in [0.29, 0.717) is 5.75 Å². The van der Waals surface area contributed by atoms with E-state index in [1.54, 1.807) is 23.1 Å². The Labute approximate surface area is 143 Å². The first-order valence-electron chi connectivity index (χ1n) is 7.39. The standard InChI is InChI=1S/C18H18N2OS2/c1-13-8-9-15-16(10-13)23-18(20(15)2)19-17(21)12-22-11-14-6-4-3-5-7-14/h3-10H,11-12H2,1-2H3. The van der Waals surface area contributed by atoms with Gasteiger partial charge in [-0.15, -0.1) is 11.8 Å². The number of aryl methyl sites for hydroxylation is 2. The van der Waals surface area contributed by atoms with Crippen LogP contribution in [0.3, 0.4) is 0 Å². The summed E-state index contributed by atoms with van der Waals surface area (Å²) in [7, 11) is 1.96. The number of thioether (sulfide) groups is 1. The van der Waals surface area contributed by atoms with Gasteiger partial charge in [0.05, 0.1) is 16.0 Å². The number of rotatable bonds is 4. The Hall–Kier alpha value is -1.85. The first-order chi connectivity index (χ1) is 11.1. The first-order valence-corrected chi connectivity index (χ1v) is 9.36. The zero-order valence-electron chi connectivity index (χ0n) is 13.2. The van der Waals surface area contributed by atoms with Crippen molar-refractivity contribution in [1.29, 1.82) is 0 Å². The summed E-state index contributed by atoms with van der Waals surface area (Å²) in [6.45, 7) is 2.07. The maximum Gasteiger partial charge on any atom is 0.258 e. The van der Waals surface area contributed by atoms with Crippen LogP contribution in [-0.4, -0.2) is 16.2 Å². The van der Waals surface area contributed by atoms with Gasteiger partial charge in [0.2, 0.25) is 0 Å². The third-order valence-electron chi connectivity index (χ3n) is 3.52. The van der Waals surface area contributed by atoms with Gasteiger partial charge in [0.1, 0.15) is 0 Å². The fraction of sp³-hybridized carbons (Fsp3) is 0.222. The predicted molar refractivity (Wildman–Crippen MR) is 98.7 cm³/mol. The highest BCUT2D eigenvalue weighted by molar-refractivity contribution is 7.99. The normalized spacial score (nSPS) is 12.0. The highest BCUT2D eigenvalue weighted by atomic mass is 32.2. The van der Waals surface area contributed by atoms with E-state index in [1.807, 2.05) is 29.8 Å². The summed E-state index contributed by atoms with van der Waals surface area (Å²) in [6, 6.07) is 16.5. The summed E-state index contributed by atoms with van der Waals surface area (Å²) >= 11 is 3.16. The molecule has 0 unspecified atom stereocenters. The number of benzene rings is 2. The number of carbonyl (C=O) groups is 1. The molecule has 5 heteroatoms. The maximum atomic E-state index is 12.1. The van der Waals surface area contributed by atoms with Crippen LogP contribution in [0.4, 0.5) is 0 Å². The average molecular weight is 342 g/mol.